The van der Waals surface area contributed by atoms with Crippen LogP contribution in [0.2, 0.25) is 0 Å². The van der Waals surface area contributed by atoms with Gasteiger partial charge in [-0.3, -0.25) is 9.69 Å². The van der Waals surface area contributed by atoms with Gasteiger partial charge in [-0.25, -0.2) is 8.42 Å². The number of sulfonamides is 1. The van der Waals surface area contributed by atoms with Gasteiger partial charge in [0, 0.05) is 55.2 Å². The highest BCUT2D eigenvalue weighted by molar-refractivity contribution is 7.89. The zero-order valence-corrected chi connectivity index (χ0v) is 20.1. The van der Waals surface area contributed by atoms with E-state index in [4.69, 9.17) is 0 Å². The lowest BCUT2D eigenvalue weighted by atomic mass is 10.1. The largest absolute Gasteiger partial charge is 0.337 e. The molecule has 1 saturated heterocycles. The number of nitrogens with zero attached hydrogens (tertiary/aromatic N) is 3. The van der Waals surface area contributed by atoms with Crippen molar-refractivity contribution < 1.29 is 13.2 Å². The van der Waals surface area contributed by atoms with Crippen molar-refractivity contribution >= 4 is 27.3 Å². The maximum atomic E-state index is 13.3. The number of carbonyl (C=O) groups excluding carboxylic acids is 1. The lowest BCUT2D eigenvalue weighted by molar-refractivity contribution is 0.0749. The van der Waals surface area contributed by atoms with Crippen LogP contribution in [-0.2, 0) is 23.0 Å². The third-order valence-corrected chi connectivity index (χ3v) is 9.09. The highest BCUT2D eigenvalue weighted by Gasteiger charge is 2.30. The Bertz CT molecular complexity index is 1060. The van der Waals surface area contributed by atoms with Crippen molar-refractivity contribution in [3.05, 3.63) is 51.7 Å². The van der Waals surface area contributed by atoms with Crippen LogP contribution in [0.5, 0.6) is 0 Å². The van der Waals surface area contributed by atoms with E-state index in [0.29, 0.717) is 31.7 Å². The van der Waals surface area contributed by atoms with Crippen molar-refractivity contribution in [2.45, 2.75) is 50.6 Å². The van der Waals surface area contributed by atoms with E-state index in [1.807, 2.05) is 16.3 Å². The summed E-state index contributed by atoms with van der Waals surface area (Å²) in [6.07, 6.45) is 1.65. The van der Waals surface area contributed by atoms with Crippen molar-refractivity contribution in [1.82, 2.24) is 14.1 Å². The fourth-order valence-electron chi connectivity index (χ4n) is 4.34. The van der Waals surface area contributed by atoms with E-state index in [-0.39, 0.29) is 16.3 Å². The highest BCUT2D eigenvalue weighted by Crippen LogP contribution is 2.28. The average Bonchev–Trinajstić information content (AvgIpc) is 3.06. The molecule has 2 aromatic rings. The molecule has 0 N–H and O–H groups in total. The zero-order chi connectivity index (χ0) is 22.2. The molecule has 2 aliphatic rings. The summed E-state index contributed by atoms with van der Waals surface area (Å²) in [5.41, 5.74) is 1.60. The molecule has 1 amide bonds. The van der Waals surface area contributed by atoms with Gasteiger partial charge >= 0.3 is 0 Å². The lowest BCUT2D eigenvalue weighted by Crippen LogP contribution is -2.44. The number of hydrogen-bond donors (Lipinski definition) is 0. The second-order valence-corrected chi connectivity index (χ2v) is 12.2. The third kappa shape index (κ3) is 4.72. The van der Waals surface area contributed by atoms with Gasteiger partial charge in [-0.15, -0.1) is 11.3 Å². The molecule has 0 saturated carbocycles. The van der Waals surface area contributed by atoms with Gasteiger partial charge in [0.25, 0.3) is 5.91 Å². The van der Waals surface area contributed by atoms with Gasteiger partial charge in [-0.2, -0.15) is 4.31 Å². The quantitative estimate of drug-likeness (QED) is 0.703. The highest BCUT2D eigenvalue weighted by atomic mass is 32.2. The number of benzene rings is 1. The molecule has 4 rings (SSSR count). The first-order chi connectivity index (χ1) is 14.7. The monoisotopic (exact) mass is 461 g/mol. The van der Waals surface area contributed by atoms with E-state index < -0.39 is 10.0 Å². The Morgan fingerprint density at radius 1 is 1.03 bits per heavy atom. The third-order valence-electron chi connectivity index (χ3n) is 6.22. The maximum absolute atomic E-state index is 13.3. The summed E-state index contributed by atoms with van der Waals surface area (Å²) in [5.74, 6) is -0.0911. The molecule has 0 unspecified atom stereocenters. The van der Waals surface area contributed by atoms with Crippen molar-refractivity contribution in [2.75, 3.05) is 32.7 Å². The summed E-state index contributed by atoms with van der Waals surface area (Å²) in [4.78, 5) is 18.9. The summed E-state index contributed by atoms with van der Waals surface area (Å²) >= 11 is 1.68. The summed E-state index contributed by atoms with van der Waals surface area (Å²) in [5, 5.41) is 2.02. The average molecular weight is 462 g/mol. The molecule has 8 heteroatoms. The molecular formula is C23H31N3O3S2. The fraction of sp³-hybridized carbons (Fsp3) is 0.522. The van der Waals surface area contributed by atoms with E-state index in [0.717, 1.165) is 31.5 Å². The number of carbonyl (C=O) groups is 1. The minimum atomic E-state index is -3.65. The van der Waals surface area contributed by atoms with Crippen molar-refractivity contribution in [2.24, 2.45) is 0 Å². The van der Waals surface area contributed by atoms with Crippen LogP contribution in [0.25, 0.3) is 0 Å². The predicted molar refractivity (Wildman–Crippen MR) is 124 cm³/mol. The fourth-order valence-corrected chi connectivity index (χ4v) is 6.70. The molecule has 31 heavy (non-hydrogen) atoms. The summed E-state index contributed by atoms with van der Waals surface area (Å²) < 4.78 is 28.1. The van der Waals surface area contributed by atoms with Gasteiger partial charge in [0.1, 0.15) is 0 Å². The second-order valence-electron chi connectivity index (χ2n) is 9.29. The molecule has 0 bridgehead atoms. The van der Waals surface area contributed by atoms with Crippen LogP contribution in [0.1, 0.15) is 48.0 Å². The standard InChI is InChI=1S/C23H31N3O3S2/c1-23(2,3)25-11-5-10-24(13-14-25)22(27)18-6-4-7-20(16-18)31(28,29)26-12-8-21-19(17-26)9-15-30-21/h4,6-7,9,15-16H,5,8,10-14,17H2,1-3H3. The first kappa shape index (κ1) is 22.5. The van der Waals surface area contributed by atoms with E-state index in [2.05, 4.69) is 25.7 Å². The number of amides is 1. The summed E-state index contributed by atoms with van der Waals surface area (Å²) in [6, 6.07) is 8.55. The van der Waals surface area contributed by atoms with Crippen LogP contribution >= 0.6 is 11.3 Å². The molecule has 6 nitrogen and oxygen atoms in total. The molecule has 0 aliphatic carbocycles. The van der Waals surface area contributed by atoms with Gasteiger partial charge in [0.05, 0.1) is 4.90 Å². The molecule has 0 atom stereocenters. The maximum Gasteiger partial charge on any atom is 0.253 e. The van der Waals surface area contributed by atoms with Gasteiger partial charge < -0.3 is 4.90 Å². The number of thiophene rings is 1. The molecule has 0 spiro atoms. The summed E-state index contributed by atoms with van der Waals surface area (Å²) in [7, 11) is -3.65. The minimum absolute atomic E-state index is 0.0732. The zero-order valence-electron chi connectivity index (χ0n) is 18.5. The van der Waals surface area contributed by atoms with Gasteiger partial charge in [-0.1, -0.05) is 6.07 Å². The Hall–Kier alpha value is -1.74. The molecule has 1 fully saturated rings. The van der Waals surface area contributed by atoms with Crippen LogP contribution < -0.4 is 0 Å². The number of hydrogen-bond acceptors (Lipinski definition) is 5. The SMILES string of the molecule is CC(C)(C)N1CCCN(C(=O)c2cccc(S(=O)(=O)N3CCc4sccc4C3)c2)CC1. The smallest absolute Gasteiger partial charge is 0.253 e. The minimum Gasteiger partial charge on any atom is -0.337 e. The first-order valence-corrected chi connectivity index (χ1v) is 13.2. The van der Waals surface area contributed by atoms with Crippen LogP contribution in [0, 0.1) is 0 Å². The van der Waals surface area contributed by atoms with Crippen LogP contribution in [0.15, 0.2) is 40.6 Å². The molecule has 168 valence electrons. The molecule has 0 radical (unpaired) electrons. The van der Waals surface area contributed by atoms with E-state index in [1.165, 1.54) is 9.18 Å². The molecule has 1 aromatic carbocycles. The predicted octanol–water partition coefficient (Wildman–Crippen LogP) is 3.44. The van der Waals surface area contributed by atoms with Gasteiger partial charge in [0.2, 0.25) is 10.0 Å². The van der Waals surface area contributed by atoms with Crippen LogP contribution in [-0.4, -0.2) is 66.7 Å². The van der Waals surface area contributed by atoms with E-state index >= 15 is 0 Å². The Morgan fingerprint density at radius 3 is 2.61 bits per heavy atom. The van der Waals surface area contributed by atoms with E-state index in [9.17, 15) is 13.2 Å². The molecular weight excluding hydrogens is 430 g/mol. The molecule has 3 heterocycles. The lowest BCUT2D eigenvalue weighted by Gasteiger charge is -2.34. The van der Waals surface area contributed by atoms with Crippen LogP contribution in [0.4, 0.5) is 0 Å². The van der Waals surface area contributed by atoms with Gasteiger partial charge in [-0.05, 0) is 68.8 Å². The Kier molecular flexibility index (Phi) is 6.27. The Balaban J connectivity index is 1.51. The normalized spacial score (nSPS) is 19.1. The number of fused-ring (bicyclic) bond motifs is 1. The summed E-state index contributed by atoms with van der Waals surface area (Å²) in [6.45, 7) is 10.6. The first-order valence-electron chi connectivity index (χ1n) is 10.9. The molecule has 2 aliphatic heterocycles. The Morgan fingerprint density at radius 2 is 1.84 bits per heavy atom. The number of rotatable bonds is 3. The van der Waals surface area contributed by atoms with Crippen molar-refractivity contribution in [3.8, 4) is 0 Å². The Labute approximate surface area is 189 Å². The van der Waals surface area contributed by atoms with Crippen molar-refractivity contribution in [1.29, 1.82) is 0 Å². The van der Waals surface area contributed by atoms with Crippen LogP contribution in [0.3, 0.4) is 0 Å². The van der Waals surface area contributed by atoms with Gasteiger partial charge in [0.15, 0.2) is 0 Å². The topological polar surface area (TPSA) is 60.9 Å². The molecule has 1 aromatic heterocycles. The van der Waals surface area contributed by atoms with Crippen molar-refractivity contribution in [3.63, 3.8) is 0 Å². The second kappa shape index (κ2) is 8.65. The van der Waals surface area contributed by atoms with E-state index in [1.54, 1.807) is 35.6 Å².